The lowest BCUT2D eigenvalue weighted by Crippen LogP contribution is -2.61. The normalized spacial score (nSPS) is 21.5. The number of alkyl halides is 2. The van der Waals surface area contributed by atoms with E-state index in [1.807, 2.05) is 12.1 Å². The number of amides is 2. The van der Waals surface area contributed by atoms with Crippen molar-refractivity contribution < 1.29 is 27.9 Å². The predicted molar refractivity (Wildman–Crippen MR) is 185 cm³/mol. The van der Waals surface area contributed by atoms with Crippen molar-refractivity contribution in [2.45, 2.75) is 87.6 Å². The summed E-state index contributed by atoms with van der Waals surface area (Å²) in [6.07, 6.45) is 6.80. The molecular formula is C39H38ClF2N3O4. The number of nitrogens with two attached hydrogens (primary N) is 1. The van der Waals surface area contributed by atoms with Crippen LogP contribution in [0.5, 0.6) is 5.75 Å². The summed E-state index contributed by atoms with van der Waals surface area (Å²) in [5.74, 6) is -6.32. The van der Waals surface area contributed by atoms with Gasteiger partial charge in [0.2, 0.25) is 5.78 Å². The maximum atomic E-state index is 16.6. The molecule has 4 aromatic rings. The molecule has 1 saturated carbocycles. The lowest BCUT2D eigenvalue weighted by Gasteiger charge is -2.41. The summed E-state index contributed by atoms with van der Waals surface area (Å²) in [7, 11) is 0. The summed E-state index contributed by atoms with van der Waals surface area (Å²) >= 11 is 6.00. The van der Waals surface area contributed by atoms with Crippen molar-refractivity contribution in [2.24, 2.45) is 5.73 Å². The fraction of sp³-hybridized carbons (Fsp3) is 0.359. The largest absolute Gasteiger partial charge is 0.490 e. The van der Waals surface area contributed by atoms with Crippen LogP contribution in [0.25, 0.3) is 21.9 Å². The minimum absolute atomic E-state index is 0.0281. The number of halogens is 3. The fourth-order valence-corrected chi connectivity index (χ4v) is 7.82. The Morgan fingerprint density at radius 3 is 2.06 bits per heavy atom. The third-order valence-electron chi connectivity index (χ3n) is 10.2. The maximum Gasteiger partial charge on any atom is 0.302 e. The second kappa shape index (κ2) is 13.5. The lowest BCUT2D eigenvalue weighted by molar-refractivity contribution is -0.152. The van der Waals surface area contributed by atoms with E-state index in [1.54, 1.807) is 42.5 Å². The van der Waals surface area contributed by atoms with Crippen molar-refractivity contribution in [3.8, 4) is 16.9 Å². The molecule has 3 aliphatic rings. The number of nitrogens with one attached hydrogen (secondary N) is 1. The number of hydrogen-bond donors (Lipinski definition) is 2. The number of rotatable bonds is 9. The van der Waals surface area contributed by atoms with Gasteiger partial charge in [-0.1, -0.05) is 66.2 Å². The molecule has 49 heavy (non-hydrogen) atoms. The number of hydrogen-bond acceptors (Lipinski definition) is 5. The summed E-state index contributed by atoms with van der Waals surface area (Å²) in [6, 6.07) is 19.7. The second-order valence-corrected chi connectivity index (χ2v) is 14.0. The number of Topliss-reactive ketones (excluding diaryl/α,β-unsaturated/α-hetero) is 1. The number of benzene rings is 4. The van der Waals surface area contributed by atoms with Crippen LogP contribution in [0.2, 0.25) is 5.02 Å². The van der Waals surface area contributed by atoms with Gasteiger partial charge in [-0.25, -0.2) is 0 Å². The van der Waals surface area contributed by atoms with E-state index < -0.39 is 35.1 Å². The first kappa shape index (κ1) is 33.2. The van der Waals surface area contributed by atoms with Crippen LogP contribution in [0.4, 0.5) is 8.78 Å². The number of fused-ring (bicyclic) bond motifs is 3. The third-order valence-corrected chi connectivity index (χ3v) is 10.5. The van der Waals surface area contributed by atoms with Crippen molar-refractivity contribution in [1.82, 2.24) is 10.2 Å². The molecule has 7 rings (SSSR count). The van der Waals surface area contributed by atoms with Gasteiger partial charge in [0.05, 0.1) is 6.10 Å². The SMILES string of the molecule is NC1CC2CCC(C1)N2C(=O)[C@H](NC(=O)C(=O)c1ccc2cc(OC3CCCC3)ccc2c1)C(F)(F)c1ccc(-c2ccc(Cl)cc2)cc1. The van der Waals surface area contributed by atoms with Gasteiger partial charge >= 0.3 is 5.92 Å². The van der Waals surface area contributed by atoms with Crippen molar-refractivity contribution >= 4 is 40.0 Å². The predicted octanol–water partition coefficient (Wildman–Crippen LogP) is 7.42. The van der Waals surface area contributed by atoms with Gasteiger partial charge in [-0.05, 0) is 104 Å². The number of carbonyl (C=O) groups excluding carboxylic acids is 3. The maximum absolute atomic E-state index is 16.6. The second-order valence-electron chi connectivity index (χ2n) is 13.6. The average Bonchev–Trinajstić information content (AvgIpc) is 3.71. The van der Waals surface area contributed by atoms with Crippen LogP contribution in [0.1, 0.15) is 67.3 Å². The zero-order chi connectivity index (χ0) is 34.3. The molecule has 2 bridgehead atoms. The molecule has 254 valence electrons. The van der Waals surface area contributed by atoms with E-state index in [-0.39, 0.29) is 29.8 Å². The van der Waals surface area contributed by atoms with Crippen molar-refractivity contribution in [2.75, 3.05) is 0 Å². The molecule has 0 radical (unpaired) electrons. The molecule has 3 fully saturated rings. The van der Waals surface area contributed by atoms with E-state index in [4.69, 9.17) is 22.1 Å². The van der Waals surface area contributed by atoms with Gasteiger partial charge in [-0.2, -0.15) is 8.78 Å². The Kier molecular flexibility index (Phi) is 9.15. The fourth-order valence-electron chi connectivity index (χ4n) is 7.69. The third kappa shape index (κ3) is 6.79. The summed E-state index contributed by atoms with van der Waals surface area (Å²) in [4.78, 5) is 42.5. The topological polar surface area (TPSA) is 102 Å². The lowest BCUT2D eigenvalue weighted by atomic mass is 9.93. The first-order chi connectivity index (χ1) is 23.6. The van der Waals surface area contributed by atoms with E-state index in [0.717, 1.165) is 42.4 Å². The Bertz CT molecular complexity index is 1860. The summed E-state index contributed by atoms with van der Waals surface area (Å²) in [5.41, 5.74) is 7.22. The molecule has 7 nitrogen and oxygen atoms in total. The molecule has 2 saturated heterocycles. The van der Waals surface area contributed by atoms with E-state index >= 15 is 8.78 Å². The average molecular weight is 686 g/mol. The van der Waals surface area contributed by atoms with Crippen LogP contribution in [0.15, 0.2) is 84.9 Å². The molecule has 3 atom stereocenters. The molecule has 2 unspecified atom stereocenters. The summed E-state index contributed by atoms with van der Waals surface area (Å²) in [5, 5.41) is 4.24. The first-order valence-electron chi connectivity index (χ1n) is 16.9. The number of nitrogens with zero attached hydrogens (tertiary/aromatic N) is 1. The van der Waals surface area contributed by atoms with Crippen LogP contribution in [0, 0.1) is 0 Å². The highest BCUT2D eigenvalue weighted by Crippen LogP contribution is 2.40. The van der Waals surface area contributed by atoms with E-state index in [2.05, 4.69) is 5.32 Å². The van der Waals surface area contributed by atoms with Gasteiger partial charge < -0.3 is 20.7 Å². The Hall–Kier alpha value is -4.34. The van der Waals surface area contributed by atoms with Gasteiger partial charge in [-0.15, -0.1) is 0 Å². The Morgan fingerprint density at radius 2 is 1.41 bits per heavy atom. The van der Waals surface area contributed by atoms with Crippen LogP contribution >= 0.6 is 11.6 Å². The molecule has 2 amide bonds. The van der Waals surface area contributed by atoms with Gasteiger partial charge in [-0.3, -0.25) is 14.4 Å². The minimum atomic E-state index is -3.84. The number of carbonyl (C=O) groups is 3. The monoisotopic (exact) mass is 685 g/mol. The highest BCUT2D eigenvalue weighted by molar-refractivity contribution is 6.43. The molecule has 2 heterocycles. The van der Waals surface area contributed by atoms with Gasteiger partial charge in [0, 0.05) is 34.3 Å². The summed E-state index contributed by atoms with van der Waals surface area (Å²) < 4.78 is 39.2. The van der Waals surface area contributed by atoms with Crippen molar-refractivity contribution in [3.05, 3.63) is 101 Å². The standard InChI is InChI=1S/C39H38ClF2N3O4/c40-29-14-9-24(10-15-29)23-7-12-28(13-8-23)39(41,42)36(38(48)45-31-16-17-32(45)22-30(43)21-31)44-37(47)35(46)27-6-5-26-20-34(18-11-25(26)19-27)49-33-3-1-2-4-33/h5-15,18-20,30-33,36H,1-4,16-17,21-22,43H2,(H,44,47)/t30?,31?,32?,36-/m0/s1. The molecule has 1 aliphatic carbocycles. The first-order valence-corrected chi connectivity index (χ1v) is 17.3. The quantitative estimate of drug-likeness (QED) is 0.141. The minimum Gasteiger partial charge on any atom is -0.490 e. The van der Waals surface area contributed by atoms with Crippen LogP contribution < -0.4 is 15.8 Å². The molecule has 0 spiro atoms. The van der Waals surface area contributed by atoms with E-state index in [9.17, 15) is 14.4 Å². The highest BCUT2D eigenvalue weighted by atomic mass is 35.5. The Labute approximate surface area is 288 Å². The van der Waals surface area contributed by atoms with Gasteiger partial charge in [0.1, 0.15) is 5.75 Å². The van der Waals surface area contributed by atoms with Crippen molar-refractivity contribution in [1.29, 1.82) is 0 Å². The molecule has 2 aliphatic heterocycles. The van der Waals surface area contributed by atoms with Gasteiger partial charge in [0.25, 0.3) is 11.8 Å². The van der Waals surface area contributed by atoms with Crippen molar-refractivity contribution in [3.63, 3.8) is 0 Å². The zero-order valence-corrected chi connectivity index (χ0v) is 27.7. The van der Waals surface area contributed by atoms with Gasteiger partial charge in [0.15, 0.2) is 6.04 Å². The van der Waals surface area contributed by atoms with E-state index in [0.29, 0.717) is 41.7 Å². The van der Waals surface area contributed by atoms with Crippen LogP contribution in [-0.2, 0) is 15.5 Å². The molecule has 4 aromatic carbocycles. The molecular weight excluding hydrogens is 648 g/mol. The van der Waals surface area contributed by atoms with E-state index in [1.165, 1.54) is 35.2 Å². The van der Waals surface area contributed by atoms with Crippen LogP contribution in [0.3, 0.4) is 0 Å². The number of ketones is 1. The number of piperidine rings is 1. The Balaban J connectivity index is 1.15. The molecule has 10 heteroatoms. The molecule has 3 N–H and O–H groups in total. The summed E-state index contributed by atoms with van der Waals surface area (Å²) in [6.45, 7) is 0. The zero-order valence-electron chi connectivity index (χ0n) is 26.9. The number of ether oxygens (including phenoxy) is 1. The van der Waals surface area contributed by atoms with Crippen LogP contribution in [-0.4, -0.2) is 52.8 Å². The smallest absolute Gasteiger partial charge is 0.302 e. The highest BCUT2D eigenvalue weighted by Gasteiger charge is 2.53. The molecule has 0 aromatic heterocycles. The Morgan fingerprint density at radius 1 is 0.816 bits per heavy atom.